The Balaban J connectivity index is 1.70. The van der Waals surface area contributed by atoms with Gasteiger partial charge in [-0.3, -0.25) is 4.79 Å². The van der Waals surface area contributed by atoms with Gasteiger partial charge in [0, 0.05) is 32.5 Å². The van der Waals surface area contributed by atoms with E-state index < -0.39 is 0 Å². The number of nitrogens with zero attached hydrogens (tertiary/aromatic N) is 2. The maximum atomic E-state index is 12.3. The molecular weight excluding hydrogens is 278 g/mol. The van der Waals surface area contributed by atoms with E-state index in [-0.39, 0.29) is 5.91 Å². The Bertz CT molecular complexity index is 645. The summed E-state index contributed by atoms with van der Waals surface area (Å²) in [5.41, 5.74) is 2.95. The fourth-order valence-electron chi connectivity index (χ4n) is 2.70. The Morgan fingerprint density at radius 3 is 2.73 bits per heavy atom. The van der Waals surface area contributed by atoms with Gasteiger partial charge in [-0.2, -0.15) is 0 Å². The predicted molar refractivity (Wildman–Crippen MR) is 87.2 cm³/mol. The summed E-state index contributed by atoms with van der Waals surface area (Å²) < 4.78 is 7.34. The predicted octanol–water partition coefficient (Wildman–Crippen LogP) is 2.04. The number of rotatable bonds is 4. The molecular formula is C17H21N3O2. The topological polar surface area (TPSA) is 46.5 Å². The van der Waals surface area contributed by atoms with E-state index in [1.54, 1.807) is 0 Å². The monoisotopic (exact) mass is 299 g/mol. The van der Waals surface area contributed by atoms with E-state index in [2.05, 4.69) is 10.2 Å². The van der Waals surface area contributed by atoms with Gasteiger partial charge in [0.1, 0.15) is 0 Å². The lowest BCUT2D eigenvalue weighted by molar-refractivity contribution is -0.115. The molecule has 1 aliphatic rings. The van der Waals surface area contributed by atoms with Crippen molar-refractivity contribution in [3.8, 4) is 0 Å². The standard InChI is InChI=1S/C17H21N3O2/c1-19-7-6-14(13-19)12-17(21)18-15-4-2-3-5-16(15)20-8-10-22-11-9-20/h2-7,13H,8-12H2,1H3,(H,18,21). The summed E-state index contributed by atoms with van der Waals surface area (Å²) in [6.07, 6.45) is 4.30. The second kappa shape index (κ2) is 6.66. The number of aromatic nitrogens is 1. The fourth-order valence-corrected chi connectivity index (χ4v) is 2.70. The highest BCUT2D eigenvalue weighted by molar-refractivity contribution is 5.95. The van der Waals surface area contributed by atoms with Crippen molar-refractivity contribution >= 4 is 17.3 Å². The highest BCUT2D eigenvalue weighted by Gasteiger charge is 2.15. The smallest absolute Gasteiger partial charge is 0.228 e. The Morgan fingerprint density at radius 2 is 2.00 bits per heavy atom. The minimum Gasteiger partial charge on any atom is -0.378 e. The maximum Gasteiger partial charge on any atom is 0.228 e. The second-order valence-electron chi connectivity index (χ2n) is 5.53. The van der Waals surface area contributed by atoms with Crippen LogP contribution in [0, 0.1) is 0 Å². The highest BCUT2D eigenvalue weighted by Crippen LogP contribution is 2.26. The van der Waals surface area contributed by atoms with Crippen LogP contribution in [0.4, 0.5) is 11.4 Å². The number of hydrogen-bond acceptors (Lipinski definition) is 3. The van der Waals surface area contributed by atoms with E-state index in [0.717, 1.165) is 43.2 Å². The highest BCUT2D eigenvalue weighted by atomic mass is 16.5. The molecule has 0 atom stereocenters. The van der Waals surface area contributed by atoms with Crippen molar-refractivity contribution in [2.24, 2.45) is 7.05 Å². The first-order valence-corrected chi connectivity index (χ1v) is 7.55. The van der Waals surface area contributed by atoms with Gasteiger partial charge in [-0.1, -0.05) is 12.1 Å². The number of aryl methyl sites for hydroxylation is 1. The van der Waals surface area contributed by atoms with Crippen molar-refractivity contribution in [1.82, 2.24) is 4.57 Å². The molecule has 1 aliphatic heterocycles. The number of carbonyl (C=O) groups excluding carboxylic acids is 1. The van der Waals surface area contributed by atoms with Crippen LogP contribution < -0.4 is 10.2 Å². The van der Waals surface area contributed by atoms with Crippen molar-refractivity contribution in [2.45, 2.75) is 6.42 Å². The summed E-state index contributed by atoms with van der Waals surface area (Å²) in [6, 6.07) is 9.91. The van der Waals surface area contributed by atoms with Gasteiger partial charge in [0.2, 0.25) is 5.91 Å². The minimum absolute atomic E-state index is 0.00640. The molecule has 0 saturated carbocycles. The van der Waals surface area contributed by atoms with Gasteiger partial charge < -0.3 is 19.5 Å². The molecule has 2 aromatic rings. The number of hydrogen-bond donors (Lipinski definition) is 1. The van der Waals surface area contributed by atoms with E-state index in [0.29, 0.717) is 6.42 Å². The van der Waals surface area contributed by atoms with Crippen molar-refractivity contribution in [2.75, 3.05) is 36.5 Å². The Morgan fingerprint density at radius 1 is 1.23 bits per heavy atom. The van der Waals surface area contributed by atoms with Crippen molar-refractivity contribution in [3.05, 3.63) is 48.3 Å². The first-order chi connectivity index (χ1) is 10.7. The van der Waals surface area contributed by atoms with Gasteiger partial charge in [-0.05, 0) is 23.8 Å². The summed E-state index contributed by atoms with van der Waals surface area (Å²) in [7, 11) is 1.95. The number of amides is 1. The molecule has 1 aromatic heterocycles. The van der Waals surface area contributed by atoms with Gasteiger partial charge in [0.05, 0.1) is 31.0 Å². The molecule has 0 unspecified atom stereocenters. The molecule has 1 amide bonds. The Hall–Kier alpha value is -2.27. The molecule has 5 nitrogen and oxygen atoms in total. The van der Waals surface area contributed by atoms with Crippen LogP contribution in [-0.2, 0) is 23.0 Å². The molecule has 1 fully saturated rings. The molecule has 0 bridgehead atoms. The SMILES string of the molecule is Cn1ccc(CC(=O)Nc2ccccc2N2CCOCC2)c1. The lowest BCUT2D eigenvalue weighted by atomic mass is 10.2. The van der Waals surface area contributed by atoms with Crippen molar-refractivity contribution in [3.63, 3.8) is 0 Å². The zero-order valence-corrected chi connectivity index (χ0v) is 12.8. The number of nitrogens with one attached hydrogen (secondary N) is 1. The Labute approximate surface area is 130 Å². The van der Waals surface area contributed by atoms with E-state index in [9.17, 15) is 4.79 Å². The van der Waals surface area contributed by atoms with Crippen LogP contribution in [-0.4, -0.2) is 36.8 Å². The summed E-state index contributed by atoms with van der Waals surface area (Å²) in [4.78, 5) is 14.5. The molecule has 0 radical (unpaired) electrons. The van der Waals surface area contributed by atoms with E-state index in [4.69, 9.17) is 4.74 Å². The molecule has 22 heavy (non-hydrogen) atoms. The summed E-state index contributed by atoms with van der Waals surface area (Å²) in [5.74, 6) is 0.00640. The van der Waals surface area contributed by atoms with Crippen LogP contribution in [0.2, 0.25) is 0 Å². The van der Waals surface area contributed by atoms with Crippen LogP contribution in [0.1, 0.15) is 5.56 Å². The van der Waals surface area contributed by atoms with E-state index in [1.165, 1.54) is 0 Å². The molecule has 3 rings (SSSR count). The van der Waals surface area contributed by atoms with Gasteiger partial charge in [0.25, 0.3) is 0 Å². The lowest BCUT2D eigenvalue weighted by Crippen LogP contribution is -2.36. The van der Waals surface area contributed by atoms with Gasteiger partial charge >= 0.3 is 0 Å². The number of carbonyl (C=O) groups is 1. The van der Waals surface area contributed by atoms with Gasteiger partial charge in [0.15, 0.2) is 0 Å². The molecule has 5 heteroatoms. The average Bonchev–Trinajstić information content (AvgIpc) is 2.93. The molecule has 0 spiro atoms. The number of ether oxygens (including phenoxy) is 1. The maximum absolute atomic E-state index is 12.3. The van der Waals surface area contributed by atoms with Crippen LogP contribution in [0.5, 0.6) is 0 Å². The normalized spacial score (nSPS) is 14.9. The van der Waals surface area contributed by atoms with Gasteiger partial charge in [-0.25, -0.2) is 0 Å². The van der Waals surface area contributed by atoms with Crippen LogP contribution >= 0.6 is 0 Å². The number of benzene rings is 1. The van der Waals surface area contributed by atoms with Crippen molar-refractivity contribution in [1.29, 1.82) is 0 Å². The third kappa shape index (κ3) is 3.49. The summed E-state index contributed by atoms with van der Waals surface area (Å²) >= 11 is 0. The van der Waals surface area contributed by atoms with Gasteiger partial charge in [-0.15, -0.1) is 0 Å². The fraction of sp³-hybridized carbons (Fsp3) is 0.353. The number of anilines is 2. The number of morpholine rings is 1. The molecule has 116 valence electrons. The van der Waals surface area contributed by atoms with E-state index >= 15 is 0 Å². The molecule has 0 aliphatic carbocycles. The van der Waals surface area contributed by atoms with Crippen LogP contribution in [0.25, 0.3) is 0 Å². The minimum atomic E-state index is 0.00640. The quantitative estimate of drug-likeness (QED) is 0.940. The molecule has 1 N–H and O–H groups in total. The zero-order valence-electron chi connectivity index (χ0n) is 12.8. The summed E-state index contributed by atoms with van der Waals surface area (Å²) in [5, 5.41) is 3.03. The largest absolute Gasteiger partial charge is 0.378 e. The average molecular weight is 299 g/mol. The first-order valence-electron chi connectivity index (χ1n) is 7.55. The summed E-state index contributed by atoms with van der Waals surface area (Å²) in [6.45, 7) is 3.16. The first kappa shape index (κ1) is 14.7. The van der Waals surface area contributed by atoms with Crippen LogP contribution in [0.3, 0.4) is 0 Å². The molecule has 2 heterocycles. The second-order valence-corrected chi connectivity index (χ2v) is 5.53. The van der Waals surface area contributed by atoms with Crippen molar-refractivity contribution < 1.29 is 9.53 Å². The molecule has 1 aromatic carbocycles. The van der Waals surface area contributed by atoms with Crippen LogP contribution in [0.15, 0.2) is 42.7 Å². The third-order valence-electron chi connectivity index (χ3n) is 3.79. The van der Waals surface area contributed by atoms with E-state index in [1.807, 2.05) is 54.3 Å². The Kier molecular flexibility index (Phi) is 4.44. The zero-order chi connectivity index (χ0) is 15.4. The lowest BCUT2D eigenvalue weighted by Gasteiger charge is -2.30. The molecule has 1 saturated heterocycles. The third-order valence-corrected chi connectivity index (χ3v) is 3.79. The number of para-hydroxylation sites is 2.